The van der Waals surface area contributed by atoms with Gasteiger partial charge in [-0.1, -0.05) is 18.2 Å². The zero-order valence-electron chi connectivity index (χ0n) is 13.5. The minimum atomic E-state index is -3.69. The zero-order chi connectivity index (χ0) is 18.3. The van der Waals surface area contributed by atoms with Gasteiger partial charge in [0.1, 0.15) is 5.82 Å². The number of halogens is 1. The second-order valence-electron chi connectivity index (χ2n) is 5.95. The molecule has 0 fully saturated rings. The molecule has 7 heteroatoms. The van der Waals surface area contributed by atoms with Crippen LogP contribution in [0.1, 0.15) is 15.9 Å². The molecule has 26 heavy (non-hydrogen) atoms. The summed E-state index contributed by atoms with van der Waals surface area (Å²) in [6, 6.07) is 12.5. The van der Waals surface area contributed by atoms with Gasteiger partial charge in [-0.25, -0.2) is 17.5 Å². The molecule has 0 saturated carbocycles. The van der Waals surface area contributed by atoms with Gasteiger partial charge in [0.05, 0.1) is 22.5 Å². The van der Waals surface area contributed by atoms with Crippen molar-refractivity contribution in [3.63, 3.8) is 0 Å². The molecule has 2 heterocycles. The number of nitrogens with zero attached hydrogens (tertiary/aromatic N) is 2. The van der Waals surface area contributed by atoms with E-state index in [0.29, 0.717) is 5.56 Å². The number of para-hydroxylation sites is 1. The highest BCUT2D eigenvalue weighted by atomic mass is 32.2. The third kappa shape index (κ3) is 2.86. The third-order valence-corrected chi connectivity index (χ3v) is 5.84. The van der Waals surface area contributed by atoms with E-state index in [9.17, 15) is 17.6 Å². The number of carbonyl (C=O) groups excluding carboxylic acids is 1. The number of Topliss-reactive ketones (excluding diaryl/α,β-unsaturated/α-hetero) is 1. The molecule has 1 aliphatic heterocycles. The van der Waals surface area contributed by atoms with Crippen LogP contribution in [-0.4, -0.2) is 29.7 Å². The van der Waals surface area contributed by atoms with E-state index < -0.39 is 27.2 Å². The Balaban J connectivity index is 1.75. The van der Waals surface area contributed by atoms with Crippen molar-refractivity contribution < 1.29 is 17.6 Å². The van der Waals surface area contributed by atoms with Gasteiger partial charge >= 0.3 is 0 Å². The zero-order valence-corrected chi connectivity index (χ0v) is 14.3. The normalized spacial score (nSPS) is 17.3. The molecule has 0 unspecified atom stereocenters. The fourth-order valence-electron chi connectivity index (χ4n) is 2.91. The second kappa shape index (κ2) is 6.03. The van der Waals surface area contributed by atoms with Crippen LogP contribution in [0.15, 0.2) is 71.4 Å². The number of rotatable bonds is 2. The molecule has 4 rings (SSSR count). The van der Waals surface area contributed by atoms with E-state index in [1.165, 1.54) is 6.08 Å². The van der Waals surface area contributed by atoms with Gasteiger partial charge in [-0.3, -0.25) is 4.79 Å². The van der Waals surface area contributed by atoms with Crippen LogP contribution in [-0.2, 0) is 9.84 Å². The second-order valence-corrected chi connectivity index (χ2v) is 7.91. The van der Waals surface area contributed by atoms with E-state index in [1.807, 2.05) is 30.3 Å². The molecule has 0 amide bonds. The van der Waals surface area contributed by atoms with Crippen LogP contribution in [0.4, 0.5) is 4.39 Å². The average Bonchev–Trinajstić information content (AvgIpc) is 3.08. The van der Waals surface area contributed by atoms with Gasteiger partial charge in [0.25, 0.3) is 0 Å². The van der Waals surface area contributed by atoms with Crippen LogP contribution >= 0.6 is 0 Å². The number of carbonyl (C=O) groups is 1. The SMILES string of the molecule is O=C1/C(=C\c2cnn(-c3ccccc3)c2)CS(=O)(=O)c2ccc(F)cc21. The van der Waals surface area contributed by atoms with Crippen molar-refractivity contribution in [1.82, 2.24) is 9.78 Å². The van der Waals surface area contributed by atoms with Gasteiger partial charge < -0.3 is 0 Å². The maximum absolute atomic E-state index is 13.5. The Morgan fingerprint density at radius 1 is 1.12 bits per heavy atom. The summed E-state index contributed by atoms with van der Waals surface area (Å²) in [6.07, 6.45) is 4.73. The lowest BCUT2D eigenvalue weighted by Gasteiger charge is -2.17. The molecule has 2 aromatic carbocycles. The number of hydrogen-bond donors (Lipinski definition) is 0. The molecule has 0 N–H and O–H groups in total. The molecular formula is C19H13FN2O3S. The highest BCUT2D eigenvalue weighted by molar-refractivity contribution is 7.91. The highest BCUT2D eigenvalue weighted by Crippen LogP contribution is 2.29. The van der Waals surface area contributed by atoms with E-state index in [0.717, 1.165) is 23.9 Å². The average molecular weight is 368 g/mol. The Kier molecular flexibility index (Phi) is 3.81. The van der Waals surface area contributed by atoms with E-state index in [1.54, 1.807) is 17.1 Å². The van der Waals surface area contributed by atoms with Gasteiger partial charge in [-0.05, 0) is 36.4 Å². The van der Waals surface area contributed by atoms with Gasteiger partial charge in [0, 0.05) is 22.9 Å². The molecule has 0 bridgehead atoms. The van der Waals surface area contributed by atoms with Crippen molar-refractivity contribution >= 4 is 21.7 Å². The monoisotopic (exact) mass is 368 g/mol. The fourth-order valence-corrected chi connectivity index (χ4v) is 4.45. The van der Waals surface area contributed by atoms with Gasteiger partial charge in [-0.2, -0.15) is 5.10 Å². The van der Waals surface area contributed by atoms with Crippen LogP contribution in [0.3, 0.4) is 0 Å². The number of hydrogen-bond acceptors (Lipinski definition) is 4. The van der Waals surface area contributed by atoms with Crippen LogP contribution in [0.25, 0.3) is 11.8 Å². The topological polar surface area (TPSA) is 69.0 Å². The minimum absolute atomic E-state index is 0.0933. The largest absolute Gasteiger partial charge is 0.289 e. The first-order chi connectivity index (χ1) is 12.4. The maximum atomic E-state index is 13.5. The number of aromatic nitrogens is 2. The van der Waals surface area contributed by atoms with Crippen molar-refractivity contribution in [1.29, 1.82) is 0 Å². The quantitative estimate of drug-likeness (QED) is 0.515. The highest BCUT2D eigenvalue weighted by Gasteiger charge is 2.33. The summed E-state index contributed by atoms with van der Waals surface area (Å²) in [5.74, 6) is -1.55. The molecule has 130 valence electrons. The van der Waals surface area contributed by atoms with Crippen molar-refractivity contribution in [2.75, 3.05) is 5.75 Å². The Hall–Kier alpha value is -3.06. The number of ketones is 1. The summed E-state index contributed by atoms with van der Waals surface area (Å²) in [5, 5.41) is 4.22. The Morgan fingerprint density at radius 3 is 2.65 bits per heavy atom. The molecule has 5 nitrogen and oxygen atoms in total. The van der Waals surface area contributed by atoms with Gasteiger partial charge in [0.2, 0.25) is 0 Å². The van der Waals surface area contributed by atoms with Crippen LogP contribution in [0, 0.1) is 5.82 Å². The maximum Gasteiger partial charge on any atom is 0.191 e. The first kappa shape index (κ1) is 16.4. The van der Waals surface area contributed by atoms with Gasteiger partial charge in [-0.15, -0.1) is 0 Å². The van der Waals surface area contributed by atoms with Crippen molar-refractivity contribution in [3.8, 4) is 5.69 Å². The molecule has 3 aromatic rings. The summed E-state index contributed by atoms with van der Waals surface area (Å²) in [7, 11) is -3.69. The molecule has 1 aliphatic rings. The Bertz CT molecular complexity index is 1150. The summed E-state index contributed by atoms with van der Waals surface area (Å²) >= 11 is 0. The van der Waals surface area contributed by atoms with Gasteiger partial charge in [0.15, 0.2) is 15.6 Å². The number of benzene rings is 2. The minimum Gasteiger partial charge on any atom is -0.289 e. The lowest BCUT2D eigenvalue weighted by Crippen LogP contribution is -2.24. The van der Waals surface area contributed by atoms with E-state index in [-0.39, 0.29) is 16.0 Å². The molecule has 0 atom stereocenters. The summed E-state index contributed by atoms with van der Waals surface area (Å²) < 4.78 is 40.0. The predicted molar refractivity (Wildman–Crippen MR) is 94.3 cm³/mol. The summed E-state index contributed by atoms with van der Waals surface area (Å²) in [6.45, 7) is 0. The summed E-state index contributed by atoms with van der Waals surface area (Å²) in [4.78, 5) is 12.5. The van der Waals surface area contributed by atoms with Crippen molar-refractivity contribution in [2.24, 2.45) is 0 Å². The molecule has 0 saturated heterocycles. The molecule has 1 aromatic heterocycles. The number of fused-ring (bicyclic) bond motifs is 1. The molecule has 0 radical (unpaired) electrons. The smallest absolute Gasteiger partial charge is 0.191 e. The lowest BCUT2D eigenvalue weighted by atomic mass is 10.0. The fraction of sp³-hybridized carbons (Fsp3) is 0.0526. The van der Waals surface area contributed by atoms with Crippen LogP contribution in [0.2, 0.25) is 0 Å². The van der Waals surface area contributed by atoms with Crippen molar-refractivity contribution in [2.45, 2.75) is 4.90 Å². The Morgan fingerprint density at radius 2 is 1.88 bits per heavy atom. The standard InChI is InChI=1S/C19H13FN2O3S/c20-15-6-7-18-17(9-15)19(23)14(12-26(18,24)25)8-13-10-21-22(11-13)16-4-2-1-3-5-16/h1-11H,12H2/b14-8-. The Labute approximate surface area is 149 Å². The van der Waals surface area contributed by atoms with E-state index in [2.05, 4.69) is 5.10 Å². The van der Waals surface area contributed by atoms with E-state index in [4.69, 9.17) is 0 Å². The van der Waals surface area contributed by atoms with Crippen LogP contribution in [0.5, 0.6) is 0 Å². The molecule has 0 aliphatic carbocycles. The predicted octanol–water partition coefficient (Wildman–Crippen LogP) is 3.07. The van der Waals surface area contributed by atoms with Crippen LogP contribution < -0.4 is 0 Å². The first-order valence-corrected chi connectivity index (χ1v) is 9.47. The summed E-state index contributed by atoms with van der Waals surface area (Å²) in [5.41, 5.74) is 1.40. The molecular weight excluding hydrogens is 355 g/mol. The first-order valence-electron chi connectivity index (χ1n) is 7.82. The number of sulfone groups is 1. The van der Waals surface area contributed by atoms with Crippen molar-refractivity contribution in [3.05, 3.63) is 83.4 Å². The van der Waals surface area contributed by atoms with E-state index >= 15 is 0 Å². The molecule has 0 spiro atoms. The lowest BCUT2D eigenvalue weighted by molar-refractivity contribution is 0.103. The third-order valence-electron chi connectivity index (χ3n) is 4.12.